The number of thioether (sulfide) groups is 1. The topological polar surface area (TPSA) is 58.4 Å². The number of hydrogen-bond donors (Lipinski definition) is 0. The number of fused-ring (bicyclic) bond motifs is 1. The third-order valence-electron chi connectivity index (χ3n) is 5.71. The van der Waals surface area contributed by atoms with E-state index in [0.29, 0.717) is 10.9 Å². The molecular formula is C21H28N4O2S. The molecule has 2 aliphatic rings. The van der Waals surface area contributed by atoms with Crippen LogP contribution in [0.1, 0.15) is 25.7 Å². The highest BCUT2D eigenvalue weighted by Gasteiger charge is 2.28. The molecule has 2 aromatic rings. The number of aromatic nitrogens is 2. The lowest BCUT2D eigenvalue weighted by Crippen LogP contribution is -2.50. The molecule has 0 aliphatic carbocycles. The van der Waals surface area contributed by atoms with Crippen molar-refractivity contribution < 1.29 is 4.79 Å². The number of carbonyl (C=O) groups is 1. The van der Waals surface area contributed by atoms with Gasteiger partial charge in [-0.05, 0) is 50.2 Å². The Bertz CT molecular complexity index is 878. The summed E-state index contributed by atoms with van der Waals surface area (Å²) in [6.07, 6.45) is 6.35. The Balaban J connectivity index is 1.51. The molecule has 2 fully saturated rings. The number of hydrogen-bond acceptors (Lipinski definition) is 5. The van der Waals surface area contributed by atoms with E-state index in [0.717, 1.165) is 44.1 Å². The van der Waals surface area contributed by atoms with E-state index in [1.54, 1.807) is 6.07 Å². The summed E-state index contributed by atoms with van der Waals surface area (Å²) in [7, 11) is 0. The molecule has 1 aromatic carbocycles. The van der Waals surface area contributed by atoms with Gasteiger partial charge in [0.25, 0.3) is 5.56 Å². The molecule has 0 bridgehead atoms. The largest absolute Gasteiger partial charge is 0.336 e. The highest BCUT2D eigenvalue weighted by atomic mass is 32.2. The Morgan fingerprint density at radius 2 is 1.93 bits per heavy atom. The van der Waals surface area contributed by atoms with Gasteiger partial charge in [0.1, 0.15) is 6.54 Å². The van der Waals surface area contributed by atoms with Crippen LogP contribution in [-0.2, 0) is 11.3 Å². The van der Waals surface area contributed by atoms with Crippen LogP contribution in [0, 0.1) is 0 Å². The monoisotopic (exact) mass is 400 g/mol. The minimum Gasteiger partial charge on any atom is -0.336 e. The van der Waals surface area contributed by atoms with Gasteiger partial charge in [-0.2, -0.15) is 11.8 Å². The summed E-state index contributed by atoms with van der Waals surface area (Å²) in [5.74, 6) is 2.11. The fraction of sp³-hybridized carbons (Fsp3) is 0.571. The third-order valence-corrected chi connectivity index (χ3v) is 6.91. The predicted octanol–water partition coefficient (Wildman–Crippen LogP) is 2.22. The van der Waals surface area contributed by atoms with Crippen molar-refractivity contribution in [3.8, 4) is 0 Å². The van der Waals surface area contributed by atoms with Gasteiger partial charge in [0.2, 0.25) is 5.91 Å². The molecule has 1 amide bonds. The van der Waals surface area contributed by atoms with Crippen molar-refractivity contribution in [1.29, 1.82) is 0 Å². The Morgan fingerprint density at radius 3 is 2.79 bits per heavy atom. The first-order chi connectivity index (χ1) is 13.7. The number of nitrogens with zero attached hydrogens (tertiary/aromatic N) is 4. The van der Waals surface area contributed by atoms with E-state index < -0.39 is 0 Å². The highest BCUT2D eigenvalue weighted by Crippen LogP contribution is 2.20. The number of carbonyl (C=O) groups excluding carboxylic acids is 1. The zero-order valence-electron chi connectivity index (χ0n) is 16.3. The molecule has 28 heavy (non-hydrogen) atoms. The SMILES string of the molecule is O=C(Cn1cnc2ccccc2c1=O)N1CCCSCC1CN1CCCCC1. The van der Waals surface area contributed by atoms with Crippen LogP contribution < -0.4 is 5.56 Å². The maximum atomic E-state index is 13.2. The van der Waals surface area contributed by atoms with Crippen molar-refractivity contribution in [3.63, 3.8) is 0 Å². The number of piperidine rings is 1. The minimum atomic E-state index is -0.143. The summed E-state index contributed by atoms with van der Waals surface area (Å²) in [4.78, 5) is 34.8. The number of rotatable bonds is 4. The summed E-state index contributed by atoms with van der Waals surface area (Å²) in [5.41, 5.74) is 0.529. The summed E-state index contributed by atoms with van der Waals surface area (Å²) >= 11 is 1.94. The van der Waals surface area contributed by atoms with Crippen LogP contribution in [0.2, 0.25) is 0 Å². The molecule has 2 saturated heterocycles. The van der Waals surface area contributed by atoms with E-state index >= 15 is 0 Å². The standard InChI is InChI=1S/C21H28N4O2S/c26-20(14-24-16-22-19-8-3-2-7-18(19)21(24)27)25-11-6-12-28-15-17(25)13-23-9-4-1-5-10-23/h2-3,7-8,16-17H,1,4-6,9-15H2. The maximum Gasteiger partial charge on any atom is 0.261 e. The van der Waals surface area contributed by atoms with E-state index in [-0.39, 0.29) is 24.1 Å². The van der Waals surface area contributed by atoms with Gasteiger partial charge in [-0.1, -0.05) is 18.6 Å². The fourth-order valence-corrected chi connectivity index (χ4v) is 5.26. The van der Waals surface area contributed by atoms with Gasteiger partial charge in [-0.3, -0.25) is 14.2 Å². The van der Waals surface area contributed by atoms with Gasteiger partial charge >= 0.3 is 0 Å². The fourth-order valence-electron chi connectivity index (χ4n) is 4.20. The van der Waals surface area contributed by atoms with Crippen molar-refractivity contribution >= 4 is 28.6 Å². The first-order valence-corrected chi connectivity index (χ1v) is 11.4. The van der Waals surface area contributed by atoms with Crippen LogP contribution in [0.4, 0.5) is 0 Å². The van der Waals surface area contributed by atoms with Crippen LogP contribution in [0.5, 0.6) is 0 Å². The lowest BCUT2D eigenvalue weighted by Gasteiger charge is -2.35. The molecule has 6 nitrogen and oxygen atoms in total. The Hall–Kier alpha value is -1.86. The van der Waals surface area contributed by atoms with E-state index in [4.69, 9.17) is 0 Å². The predicted molar refractivity (Wildman–Crippen MR) is 114 cm³/mol. The third kappa shape index (κ3) is 4.41. The van der Waals surface area contributed by atoms with Crippen LogP contribution in [0.15, 0.2) is 35.4 Å². The van der Waals surface area contributed by atoms with Crippen molar-refractivity contribution in [2.45, 2.75) is 38.3 Å². The Morgan fingerprint density at radius 1 is 1.11 bits per heavy atom. The first-order valence-electron chi connectivity index (χ1n) is 10.3. The molecule has 1 aromatic heterocycles. The van der Waals surface area contributed by atoms with Crippen molar-refractivity contribution in [2.24, 2.45) is 0 Å². The molecule has 7 heteroatoms. The van der Waals surface area contributed by atoms with Gasteiger partial charge in [0.15, 0.2) is 0 Å². The second kappa shape index (κ2) is 9.09. The van der Waals surface area contributed by atoms with Gasteiger partial charge in [-0.15, -0.1) is 0 Å². The molecule has 0 saturated carbocycles. The second-order valence-electron chi connectivity index (χ2n) is 7.73. The lowest BCUT2D eigenvalue weighted by atomic mass is 10.1. The average Bonchev–Trinajstić information content (AvgIpc) is 2.96. The quantitative estimate of drug-likeness (QED) is 0.788. The van der Waals surface area contributed by atoms with Gasteiger partial charge in [0, 0.05) is 18.8 Å². The van der Waals surface area contributed by atoms with Gasteiger partial charge < -0.3 is 9.80 Å². The van der Waals surface area contributed by atoms with Crippen molar-refractivity contribution in [2.75, 3.05) is 37.7 Å². The minimum absolute atomic E-state index is 0.0312. The summed E-state index contributed by atoms with van der Waals surface area (Å²) < 4.78 is 1.46. The molecule has 0 N–H and O–H groups in total. The van der Waals surface area contributed by atoms with E-state index in [2.05, 4.69) is 9.88 Å². The molecule has 4 rings (SSSR count). The van der Waals surface area contributed by atoms with Gasteiger partial charge in [0.05, 0.1) is 23.3 Å². The molecule has 3 heterocycles. The van der Waals surface area contributed by atoms with Gasteiger partial charge in [-0.25, -0.2) is 4.98 Å². The lowest BCUT2D eigenvalue weighted by molar-refractivity contribution is -0.134. The number of benzene rings is 1. The summed E-state index contributed by atoms with van der Waals surface area (Å²) in [5, 5.41) is 0.564. The molecular weight excluding hydrogens is 372 g/mol. The second-order valence-corrected chi connectivity index (χ2v) is 8.88. The summed E-state index contributed by atoms with van der Waals surface area (Å²) in [6.45, 7) is 4.07. The number of likely N-dealkylation sites (tertiary alicyclic amines) is 1. The van der Waals surface area contributed by atoms with E-state index in [1.807, 2.05) is 34.9 Å². The van der Waals surface area contributed by atoms with E-state index in [9.17, 15) is 9.59 Å². The molecule has 0 radical (unpaired) electrons. The van der Waals surface area contributed by atoms with Crippen LogP contribution in [-0.4, -0.2) is 69.0 Å². The van der Waals surface area contributed by atoms with Crippen LogP contribution >= 0.6 is 11.8 Å². The molecule has 1 unspecified atom stereocenters. The normalized spacial score (nSPS) is 21.6. The molecule has 0 spiro atoms. The van der Waals surface area contributed by atoms with Crippen LogP contribution in [0.25, 0.3) is 10.9 Å². The van der Waals surface area contributed by atoms with E-state index in [1.165, 1.54) is 30.2 Å². The highest BCUT2D eigenvalue weighted by molar-refractivity contribution is 7.99. The Kier molecular flexibility index (Phi) is 6.32. The molecule has 150 valence electrons. The Labute approximate surface area is 169 Å². The van der Waals surface area contributed by atoms with Crippen LogP contribution in [0.3, 0.4) is 0 Å². The first kappa shape index (κ1) is 19.5. The number of amides is 1. The number of para-hydroxylation sites is 1. The van der Waals surface area contributed by atoms with Crippen molar-refractivity contribution in [3.05, 3.63) is 40.9 Å². The zero-order valence-corrected chi connectivity index (χ0v) is 17.1. The average molecular weight is 401 g/mol. The smallest absolute Gasteiger partial charge is 0.261 e. The van der Waals surface area contributed by atoms with Crippen molar-refractivity contribution in [1.82, 2.24) is 19.4 Å². The summed E-state index contributed by atoms with van der Waals surface area (Å²) in [6, 6.07) is 7.52. The molecule has 2 aliphatic heterocycles. The molecule has 1 atom stereocenters. The zero-order chi connectivity index (χ0) is 19.3. The maximum absolute atomic E-state index is 13.2.